The number of halogens is 3. The minimum absolute atomic E-state index is 0.195. The Morgan fingerprint density at radius 3 is 2.50 bits per heavy atom. The average Bonchev–Trinajstić information content (AvgIpc) is 2.59. The number of amides is 1. The van der Waals surface area contributed by atoms with Crippen LogP contribution in [0.4, 0.5) is 18.0 Å². The number of nitrogens with zero attached hydrogens (tertiary/aromatic N) is 1. The molecule has 28 heavy (non-hydrogen) atoms. The molecule has 160 valence electrons. The van der Waals surface area contributed by atoms with Gasteiger partial charge < -0.3 is 9.64 Å². The van der Waals surface area contributed by atoms with E-state index in [4.69, 9.17) is 4.74 Å². The molecule has 1 aliphatic heterocycles. The number of allylic oxidation sites excluding steroid dienone is 4. The summed E-state index contributed by atoms with van der Waals surface area (Å²) >= 11 is 0. The fourth-order valence-electron chi connectivity index (χ4n) is 3.46. The highest BCUT2D eigenvalue weighted by atomic mass is 32.2. The van der Waals surface area contributed by atoms with Gasteiger partial charge in [0, 0.05) is 18.0 Å². The third-order valence-corrected chi connectivity index (χ3v) is 7.49. The predicted molar refractivity (Wildman–Crippen MR) is 100 cm³/mol. The smallest absolute Gasteiger partial charge is 0.410 e. The number of hydrogen-bond donors (Lipinski definition) is 0. The molecule has 1 saturated heterocycles. The van der Waals surface area contributed by atoms with Crippen molar-refractivity contribution in [3.63, 3.8) is 0 Å². The van der Waals surface area contributed by atoms with Crippen molar-refractivity contribution in [1.82, 2.24) is 4.90 Å². The number of ether oxygens (including phenoxy) is 1. The first kappa shape index (κ1) is 22.8. The molecule has 2 rings (SSSR count). The van der Waals surface area contributed by atoms with Gasteiger partial charge in [0.25, 0.3) is 0 Å². The van der Waals surface area contributed by atoms with Crippen LogP contribution in [-0.2, 0) is 14.6 Å². The van der Waals surface area contributed by atoms with Gasteiger partial charge in [-0.15, -0.1) is 0 Å². The molecule has 0 aromatic rings. The van der Waals surface area contributed by atoms with E-state index >= 15 is 0 Å². The first-order valence-corrected chi connectivity index (χ1v) is 10.9. The molecule has 0 aromatic carbocycles. The molecule has 3 unspecified atom stereocenters. The van der Waals surface area contributed by atoms with Crippen LogP contribution < -0.4 is 0 Å². The Morgan fingerprint density at radius 1 is 1.29 bits per heavy atom. The van der Waals surface area contributed by atoms with Crippen molar-refractivity contribution >= 4 is 15.9 Å². The Morgan fingerprint density at radius 2 is 1.93 bits per heavy atom. The number of alkyl halides is 3. The molecule has 1 heterocycles. The minimum atomic E-state index is -4.48. The normalized spacial score (nSPS) is 25.2. The molecule has 0 aromatic heterocycles. The van der Waals surface area contributed by atoms with E-state index in [2.05, 4.69) is 0 Å². The number of sulfone groups is 1. The van der Waals surface area contributed by atoms with Crippen LogP contribution in [0.1, 0.15) is 47.0 Å². The highest BCUT2D eigenvalue weighted by molar-refractivity contribution is 7.95. The van der Waals surface area contributed by atoms with Gasteiger partial charge in [0.2, 0.25) is 0 Å². The Kier molecular flexibility index (Phi) is 6.57. The second kappa shape index (κ2) is 8.08. The molecule has 0 saturated carbocycles. The molecular weight excluding hydrogens is 395 g/mol. The van der Waals surface area contributed by atoms with Crippen LogP contribution in [0.2, 0.25) is 0 Å². The van der Waals surface area contributed by atoms with Gasteiger partial charge in [0.05, 0.1) is 11.2 Å². The van der Waals surface area contributed by atoms with E-state index in [-0.39, 0.29) is 17.4 Å². The quantitative estimate of drug-likeness (QED) is 0.672. The second-order valence-corrected chi connectivity index (χ2v) is 10.8. The summed E-state index contributed by atoms with van der Waals surface area (Å²) in [5.74, 6) is -2.15. The summed E-state index contributed by atoms with van der Waals surface area (Å²) in [5.41, 5.74) is -0.659. The number of carbonyl (C=O) groups is 1. The molecule has 1 aliphatic carbocycles. The van der Waals surface area contributed by atoms with E-state index in [0.29, 0.717) is 19.4 Å². The van der Waals surface area contributed by atoms with Gasteiger partial charge in [-0.05, 0) is 59.0 Å². The summed E-state index contributed by atoms with van der Waals surface area (Å²) in [4.78, 5) is 13.6. The number of rotatable bonds is 3. The van der Waals surface area contributed by atoms with Gasteiger partial charge in [-0.3, -0.25) is 0 Å². The van der Waals surface area contributed by atoms with E-state index < -0.39 is 45.3 Å². The monoisotopic (exact) mass is 423 g/mol. The fourth-order valence-corrected chi connectivity index (χ4v) is 5.35. The van der Waals surface area contributed by atoms with Crippen molar-refractivity contribution in [2.75, 3.05) is 13.1 Å². The topological polar surface area (TPSA) is 63.7 Å². The van der Waals surface area contributed by atoms with E-state index in [9.17, 15) is 26.4 Å². The SMILES string of the molecule is CC(C1CCCN(C(=O)OC(C)(C)C)C1)S(=O)(=O)C1=CC=CC(C(F)(F)F)C1. The first-order chi connectivity index (χ1) is 12.7. The van der Waals surface area contributed by atoms with E-state index in [1.165, 1.54) is 17.9 Å². The second-order valence-electron chi connectivity index (χ2n) is 8.45. The standard InChI is InChI=1S/C19H28F3NO4S/c1-13(14-7-6-10-23(12-14)17(24)27-18(2,3)4)28(25,26)16-9-5-8-15(11-16)19(20,21)22/h5,8-9,13-15H,6-7,10-12H2,1-4H3. The average molecular weight is 423 g/mol. The molecule has 5 nitrogen and oxygen atoms in total. The van der Waals surface area contributed by atoms with Crippen LogP contribution in [0.3, 0.4) is 0 Å². The third-order valence-electron chi connectivity index (χ3n) is 5.10. The molecule has 0 spiro atoms. The van der Waals surface area contributed by atoms with E-state index in [0.717, 1.165) is 12.2 Å². The minimum Gasteiger partial charge on any atom is -0.444 e. The Labute approximate surface area is 164 Å². The number of piperidine rings is 1. The largest absolute Gasteiger partial charge is 0.444 e. The van der Waals surface area contributed by atoms with Gasteiger partial charge in [-0.25, -0.2) is 13.2 Å². The number of hydrogen-bond acceptors (Lipinski definition) is 4. The fraction of sp³-hybridized carbons (Fsp3) is 0.737. The summed E-state index contributed by atoms with van der Waals surface area (Å²) in [6.07, 6.45) is -0.952. The molecular formula is C19H28F3NO4S. The Bertz CT molecular complexity index is 750. The summed E-state index contributed by atoms with van der Waals surface area (Å²) in [6.45, 7) is 7.44. The zero-order chi connectivity index (χ0) is 21.3. The Hall–Kier alpha value is -1.51. The van der Waals surface area contributed by atoms with Crippen molar-refractivity contribution in [3.05, 3.63) is 23.1 Å². The summed E-state index contributed by atoms with van der Waals surface area (Å²) in [5, 5.41) is -0.885. The summed E-state index contributed by atoms with van der Waals surface area (Å²) in [6, 6.07) is 0. The van der Waals surface area contributed by atoms with Crippen LogP contribution in [0, 0.1) is 11.8 Å². The maximum absolute atomic E-state index is 13.0. The van der Waals surface area contributed by atoms with Gasteiger partial charge >= 0.3 is 12.3 Å². The lowest BCUT2D eigenvalue weighted by molar-refractivity contribution is -0.160. The lowest BCUT2D eigenvalue weighted by Gasteiger charge is -2.36. The van der Waals surface area contributed by atoms with Gasteiger partial charge in [-0.2, -0.15) is 13.2 Å². The van der Waals surface area contributed by atoms with Crippen LogP contribution in [0.25, 0.3) is 0 Å². The molecule has 0 bridgehead atoms. The van der Waals surface area contributed by atoms with Crippen molar-refractivity contribution in [2.24, 2.45) is 11.8 Å². The van der Waals surface area contributed by atoms with Crippen molar-refractivity contribution in [3.8, 4) is 0 Å². The molecule has 9 heteroatoms. The molecule has 1 fully saturated rings. The lowest BCUT2D eigenvalue weighted by atomic mass is 9.95. The third kappa shape index (κ3) is 5.52. The number of likely N-dealkylation sites (tertiary alicyclic amines) is 1. The van der Waals surface area contributed by atoms with E-state index in [1.807, 2.05) is 0 Å². The van der Waals surface area contributed by atoms with Crippen molar-refractivity contribution in [1.29, 1.82) is 0 Å². The van der Waals surface area contributed by atoms with E-state index in [1.54, 1.807) is 20.8 Å². The van der Waals surface area contributed by atoms with Crippen molar-refractivity contribution in [2.45, 2.75) is 64.0 Å². The summed E-state index contributed by atoms with van der Waals surface area (Å²) in [7, 11) is -3.91. The molecule has 0 radical (unpaired) electrons. The predicted octanol–water partition coefficient (Wildman–Crippen LogP) is 4.46. The molecule has 0 N–H and O–H groups in total. The molecule has 2 aliphatic rings. The zero-order valence-electron chi connectivity index (χ0n) is 16.6. The van der Waals surface area contributed by atoms with Crippen LogP contribution in [0.15, 0.2) is 23.1 Å². The first-order valence-electron chi connectivity index (χ1n) is 9.37. The van der Waals surface area contributed by atoms with Gasteiger partial charge in [-0.1, -0.05) is 12.2 Å². The maximum Gasteiger partial charge on any atom is 0.410 e. The molecule has 1 amide bonds. The maximum atomic E-state index is 13.0. The summed E-state index contributed by atoms with van der Waals surface area (Å²) < 4.78 is 70.3. The van der Waals surface area contributed by atoms with Crippen LogP contribution in [0.5, 0.6) is 0 Å². The van der Waals surface area contributed by atoms with Crippen molar-refractivity contribution < 1.29 is 31.1 Å². The van der Waals surface area contributed by atoms with Gasteiger partial charge in [0.15, 0.2) is 9.84 Å². The molecule has 3 atom stereocenters. The van der Waals surface area contributed by atoms with Crippen LogP contribution >= 0.6 is 0 Å². The lowest BCUT2D eigenvalue weighted by Crippen LogP contribution is -2.46. The number of carbonyl (C=O) groups excluding carboxylic acids is 1. The zero-order valence-corrected chi connectivity index (χ0v) is 17.4. The highest BCUT2D eigenvalue weighted by Gasteiger charge is 2.43. The van der Waals surface area contributed by atoms with Gasteiger partial charge in [0.1, 0.15) is 5.60 Å². The van der Waals surface area contributed by atoms with Crippen LogP contribution in [-0.4, -0.2) is 49.5 Å². The highest BCUT2D eigenvalue weighted by Crippen LogP contribution is 2.38. The Balaban J connectivity index is 2.11.